The van der Waals surface area contributed by atoms with E-state index < -0.39 is 5.54 Å². The number of Topliss-reactive ketones (excluding diaryl/α,β-unsaturated/α-hetero) is 1. The monoisotopic (exact) mass is 369 g/mol. The van der Waals surface area contributed by atoms with E-state index in [0.717, 1.165) is 11.3 Å². The van der Waals surface area contributed by atoms with Crippen LogP contribution in [0.5, 0.6) is 0 Å². The lowest BCUT2D eigenvalue weighted by Gasteiger charge is -2.36. The Kier molecular flexibility index (Phi) is 3.37. The van der Waals surface area contributed by atoms with Gasteiger partial charge in [-0.25, -0.2) is 0 Å². The van der Waals surface area contributed by atoms with E-state index in [2.05, 4.69) is 4.98 Å². The van der Waals surface area contributed by atoms with Crippen LogP contribution < -0.4 is 10.5 Å². The highest BCUT2D eigenvalue weighted by Gasteiger charge is 2.51. The topological polar surface area (TPSA) is 56.4 Å². The van der Waals surface area contributed by atoms with Crippen molar-refractivity contribution in [1.29, 1.82) is 0 Å². The number of H-pyrrole nitrogens is 1. The predicted molar refractivity (Wildman–Crippen MR) is 111 cm³/mol. The molecular weight excluding hydrogens is 350 g/mol. The zero-order valence-electron chi connectivity index (χ0n) is 15.6. The van der Waals surface area contributed by atoms with Crippen LogP contribution in [0.2, 0.25) is 0 Å². The zero-order valence-corrected chi connectivity index (χ0v) is 15.6. The molecule has 0 bridgehead atoms. The smallest absolute Gasteiger partial charge is 0.257 e. The van der Waals surface area contributed by atoms with Crippen molar-refractivity contribution in [3.63, 3.8) is 0 Å². The number of nitrogens with zero attached hydrogens (tertiary/aromatic N) is 2. The van der Waals surface area contributed by atoms with Gasteiger partial charge in [0.25, 0.3) is 5.56 Å². The van der Waals surface area contributed by atoms with Crippen molar-refractivity contribution in [1.82, 2.24) is 9.88 Å². The van der Waals surface area contributed by atoms with Crippen LogP contribution >= 0.6 is 0 Å². The van der Waals surface area contributed by atoms with Gasteiger partial charge in [0.05, 0.1) is 5.56 Å². The average molecular weight is 369 g/mol. The van der Waals surface area contributed by atoms with E-state index in [1.165, 1.54) is 0 Å². The van der Waals surface area contributed by atoms with E-state index in [0.29, 0.717) is 22.2 Å². The van der Waals surface area contributed by atoms with Gasteiger partial charge < -0.3 is 14.8 Å². The summed E-state index contributed by atoms with van der Waals surface area (Å²) in [7, 11) is 1.92. The number of pyridine rings is 1. The Morgan fingerprint density at radius 1 is 0.893 bits per heavy atom. The van der Waals surface area contributed by atoms with E-state index in [-0.39, 0.29) is 11.3 Å². The molecule has 0 aliphatic carbocycles. The van der Waals surface area contributed by atoms with Crippen molar-refractivity contribution < 1.29 is 4.79 Å². The van der Waals surface area contributed by atoms with E-state index in [9.17, 15) is 9.59 Å². The van der Waals surface area contributed by atoms with Crippen LogP contribution in [0, 0.1) is 6.92 Å². The number of nitrogens with one attached hydrogen (secondary N) is 1. The summed E-state index contributed by atoms with van der Waals surface area (Å²) in [6.07, 6.45) is 7.54. The first-order valence-electron chi connectivity index (χ1n) is 9.19. The number of hydrogen-bond donors (Lipinski definition) is 1. The van der Waals surface area contributed by atoms with Crippen LogP contribution in [0.3, 0.4) is 0 Å². The third kappa shape index (κ3) is 2.13. The van der Waals surface area contributed by atoms with Crippen molar-refractivity contribution >= 4 is 28.1 Å². The summed E-state index contributed by atoms with van der Waals surface area (Å²) < 4.78 is 0. The Morgan fingerprint density at radius 2 is 1.54 bits per heavy atom. The van der Waals surface area contributed by atoms with E-state index >= 15 is 0 Å². The lowest BCUT2D eigenvalue weighted by atomic mass is 9.89. The van der Waals surface area contributed by atoms with Crippen molar-refractivity contribution in [2.45, 2.75) is 12.5 Å². The third-order valence-electron chi connectivity index (χ3n) is 5.51. The van der Waals surface area contributed by atoms with Gasteiger partial charge in [0, 0.05) is 35.9 Å². The molecule has 0 saturated heterocycles. The summed E-state index contributed by atoms with van der Waals surface area (Å²) in [5.74, 6) is 0.493. The van der Waals surface area contributed by atoms with Crippen molar-refractivity contribution in [3.8, 4) is 0 Å². The summed E-state index contributed by atoms with van der Waals surface area (Å²) in [4.78, 5) is 33.3. The molecule has 0 radical (unpaired) electrons. The van der Waals surface area contributed by atoms with Crippen LogP contribution in [-0.4, -0.2) is 28.3 Å². The molecule has 0 unspecified atom stereocenters. The standard InChI is InChI=1S/C23H19N3O2/c1-15-7-9-16(10-8-15)26-21-19(17-5-3-4-6-18(17)22(28)24-21)20(27)23(26)11-13-25(2)14-12-23/h3-14H,1-2H3,(H,24,28). The minimum Gasteiger partial charge on any atom is -0.358 e. The van der Waals surface area contributed by atoms with Gasteiger partial charge >= 0.3 is 0 Å². The quantitative estimate of drug-likeness (QED) is 0.707. The first-order chi connectivity index (χ1) is 13.5. The van der Waals surface area contributed by atoms with Crippen LogP contribution in [0.4, 0.5) is 11.5 Å². The van der Waals surface area contributed by atoms with Gasteiger partial charge in [0.2, 0.25) is 5.78 Å². The van der Waals surface area contributed by atoms with E-state index in [1.807, 2.05) is 90.8 Å². The molecule has 5 nitrogen and oxygen atoms in total. The number of carbonyl (C=O) groups excluding carboxylic acids is 1. The maximum Gasteiger partial charge on any atom is 0.257 e. The average Bonchev–Trinajstić information content (AvgIpc) is 2.93. The fourth-order valence-corrected chi connectivity index (χ4v) is 4.05. The second kappa shape index (κ2) is 5.70. The molecule has 2 aliphatic rings. The second-order valence-corrected chi connectivity index (χ2v) is 7.35. The first kappa shape index (κ1) is 16.6. The molecule has 2 aromatic carbocycles. The molecule has 3 aromatic rings. The number of aryl methyl sites for hydroxylation is 1. The van der Waals surface area contributed by atoms with Gasteiger partial charge in [-0.15, -0.1) is 0 Å². The highest BCUT2D eigenvalue weighted by Crippen LogP contribution is 2.47. The maximum absolute atomic E-state index is 13.8. The van der Waals surface area contributed by atoms with Crippen molar-refractivity contribution in [3.05, 3.63) is 94.6 Å². The first-order valence-corrected chi connectivity index (χ1v) is 9.19. The fourth-order valence-electron chi connectivity index (χ4n) is 4.05. The highest BCUT2D eigenvalue weighted by atomic mass is 16.1. The Balaban J connectivity index is 1.87. The molecule has 5 rings (SSSR count). The molecule has 28 heavy (non-hydrogen) atoms. The number of hydrogen-bond acceptors (Lipinski definition) is 4. The molecule has 1 spiro atoms. The molecule has 2 aliphatic heterocycles. The number of ketones is 1. The largest absolute Gasteiger partial charge is 0.358 e. The molecule has 3 heterocycles. The molecule has 0 atom stereocenters. The third-order valence-corrected chi connectivity index (χ3v) is 5.51. The number of benzene rings is 2. The SMILES string of the molecule is Cc1ccc(N2c3[nH]c(=O)c4ccccc4c3C(=O)C23C=CN(C)C=C3)cc1. The van der Waals surface area contributed by atoms with Crippen LogP contribution in [0.1, 0.15) is 15.9 Å². The minimum absolute atomic E-state index is 0.0453. The van der Waals surface area contributed by atoms with Crippen molar-refractivity contribution in [2.75, 3.05) is 11.9 Å². The minimum atomic E-state index is -1.00. The number of anilines is 2. The summed E-state index contributed by atoms with van der Waals surface area (Å²) in [6, 6.07) is 15.2. The number of rotatable bonds is 1. The molecule has 138 valence electrons. The second-order valence-electron chi connectivity index (χ2n) is 7.35. The Bertz CT molecular complexity index is 1220. The summed E-state index contributed by atoms with van der Waals surface area (Å²) in [5.41, 5.74) is 1.33. The molecule has 1 aromatic heterocycles. The lowest BCUT2D eigenvalue weighted by molar-refractivity contribution is 0.0959. The van der Waals surface area contributed by atoms with Gasteiger partial charge in [0.15, 0.2) is 0 Å². The number of fused-ring (bicyclic) bond motifs is 3. The van der Waals surface area contributed by atoms with Gasteiger partial charge in [-0.3, -0.25) is 9.59 Å². The molecular formula is C23H19N3O2. The number of carbonyl (C=O) groups is 1. The predicted octanol–water partition coefficient (Wildman–Crippen LogP) is 3.88. The van der Waals surface area contributed by atoms with Crippen LogP contribution in [0.25, 0.3) is 10.8 Å². The van der Waals surface area contributed by atoms with Crippen LogP contribution in [0.15, 0.2) is 77.9 Å². The zero-order chi connectivity index (χ0) is 19.5. The van der Waals surface area contributed by atoms with E-state index in [4.69, 9.17) is 0 Å². The summed E-state index contributed by atoms with van der Waals surface area (Å²) in [6.45, 7) is 2.02. The van der Waals surface area contributed by atoms with Gasteiger partial charge in [0.1, 0.15) is 11.4 Å². The van der Waals surface area contributed by atoms with Gasteiger partial charge in [-0.05, 0) is 37.3 Å². The van der Waals surface area contributed by atoms with Crippen molar-refractivity contribution in [2.24, 2.45) is 0 Å². The molecule has 5 heteroatoms. The van der Waals surface area contributed by atoms with Gasteiger partial charge in [-0.2, -0.15) is 0 Å². The molecule has 0 amide bonds. The van der Waals surface area contributed by atoms with Gasteiger partial charge in [-0.1, -0.05) is 35.9 Å². The summed E-state index contributed by atoms with van der Waals surface area (Å²) in [5, 5.41) is 1.21. The fraction of sp³-hybridized carbons (Fsp3) is 0.130. The Hall–Kier alpha value is -3.60. The molecule has 1 N–H and O–H groups in total. The normalized spacial score (nSPS) is 17.0. The highest BCUT2D eigenvalue weighted by molar-refractivity contribution is 6.24. The summed E-state index contributed by atoms with van der Waals surface area (Å²) >= 11 is 0. The maximum atomic E-state index is 13.8. The molecule has 0 saturated carbocycles. The number of aromatic amines is 1. The molecule has 0 fully saturated rings. The lowest BCUT2D eigenvalue weighted by Crippen LogP contribution is -2.46. The Morgan fingerprint density at radius 3 is 2.21 bits per heavy atom. The Labute approximate surface area is 162 Å². The van der Waals surface area contributed by atoms with E-state index in [1.54, 1.807) is 6.07 Å². The number of aromatic nitrogens is 1. The van der Waals surface area contributed by atoms with Crippen LogP contribution in [-0.2, 0) is 0 Å².